The molecule has 1 amide bonds. The van der Waals surface area contributed by atoms with Crippen molar-refractivity contribution in [3.8, 4) is 9.88 Å². The number of carbonyl (C=O) groups is 1. The maximum absolute atomic E-state index is 12.4. The van der Waals surface area contributed by atoms with E-state index in [1.807, 2.05) is 29.9 Å². The Labute approximate surface area is 171 Å². The van der Waals surface area contributed by atoms with Gasteiger partial charge in [-0.25, -0.2) is 9.67 Å². The van der Waals surface area contributed by atoms with E-state index in [-0.39, 0.29) is 24.7 Å². The summed E-state index contributed by atoms with van der Waals surface area (Å²) in [7, 11) is 1.81. The Kier molecular flexibility index (Phi) is 6.59. The topological polar surface area (TPSA) is 84.7 Å². The predicted octanol–water partition coefficient (Wildman–Crippen LogP) is 3.07. The van der Waals surface area contributed by atoms with E-state index in [4.69, 9.17) is 0 Å². The van der Waals surface area contributed by atoms with Crippen LogP contribution in [0.2, 0.25) is 0 Å². The fourth-order valence-corrected chi connectivity index (χ4v) is 4.64. The average Bonchev–Trinajstić information content (AvgIpc) is 3.38. The van der Waals surface area contributed by atoms with Crippen LogP contribution in [0, 0.1) is 0 Å². The Balaban J connectivity index is 0.00000210. The van der Waals surface area contributed by atoms with Crippen LogP contribution in [0.1, 0.15) is 30.3 Å². The number of hydrogen-bond donors (Lipinski definition) is 2. The number of rotatable bonds is 5. The summed E-state index contributed by atoms with van der Waals surface area (Å²) in [5.41, 5.74) is 0.775. The molecule has 1 aliphatic rings. The normalized spacial score (nSPS) is 14.7. The molecule has 3 aromatic rings. The second-order valence-corrected chi connectivity index (χ2v) is 8.09. The summed E-state index contributed by atoms with van der Waals surface area (Å²) < 4.78 is 1.65. The minimum absolute atomic E-state index is 0. The number of thiophene rings is 1. The quantitative estimate of drug-likeness (QED) is 0.657. The first-order valence-corrected chi connectivity index (χ1v) is 10.3. The number of aromatic nitrogens is 4. The molecule has 4 rings (SSSR count). The second-order valence-electron chi connectivity index (χ2n) is 6.29. The van der Waals surface area contributed by atoms with Gasteiger partial charge in [-0.2, -0.15) is 10.1 Å². The van der Waals surface area contributed by atoms with E-state index in [1.165, 1.54) is 0 Å². The third-order valence-corrected chi connectivity index (χ3v) is 6.29. The van der Waals surface area contributed by atoms with Gasteiger partial charge in [-0.3, -0.25) is 10.1 Å². The van der Waals surface area contributed by atoms with Crippen LogP contribution in [0.15, 0.2) is 22.9 Å². The van der Waals surface area contributed by atoms with Gasteiger partial charge in [-0.15, -0.1) is 35.1 Å². The summed E-state index contributed by atoms with van der Waals surface area (Å²) in [6.45, 7) is 1.97. The van der Waals surface area contributed by atoms with E-state index in [2.05, 4.69) is 25.7 Å². The molecule has 1 fully saturated rings. The average molecular weight is 425 g/mol. The van der Waals surface area contributed by atoms with Gasteiger partial charge in [-0.1, -0.05) is 6.07 Å². The molecule has 0 radical (unpaired) electrons. The lowest BCUT2D eigenvalue weighted by molar-refractivity contribution is -0.115. The molecule has 3 aromatic heterocycles. The molecule has 0 saturated carbocycles. The highest BCUT2D eigenvalue weighted by Gasteiger charge is 2.21. The molecule has 0 spiro atoms. The molecular formula is C17H21ClN6OS2. The minimum atomic E-state index is -0.125. The van der Waals surface area contributed by atoms with Crippen LogP contribution in [0.4, 0.5) is 5.95 Å². The van der Waals surface area contributed by atoms with Gasteiger partial charge in [0.15, 0.2) is 5.82 Å². The van der Waals surface area contributed by atoms with Crippen LogP contribution < -0.4 is 10.6 Å². The highest BCUT2D eigenvalue weighted by atomic mass is 35.5. The van der Waals surface area contributed by atoms with Crippen molar-refractivity contribution < 1.29 is 4.79 Å². The van der Waals surface area contributed by atoms with Crippen LogP contribution in [-0.4, -0.2) is 38.7 Å². The summed E-state index contributed by atoms with van der Waals surface area (Å²) in [6, 6.07) is 4.04. The number of nitrogens with one attached hydrogen (secondary N) is 2. The third-order valence-electron chi connectivity index (χ3n) is 4.36. The molecule has 0 aromatic carbocycles. The van der Waals surface area contributed by atoms with Crippen molar-refractivity contribution in [3.63, 3.8) is 0 Å². The zero-order chi connectivity index (χ0) is 17.9. The number of hydrogen-bond acceptors (Lipinski definition) is 7. The molecule has 10 heteroatoms. The molecule has 7 nitrogen and oxygen atoms in total. The van der Waals surface area contributed by atoms with Crippen molar-refractivity contribution >= 4 is 46.9 Å². The summed E-state index contributed by atoms with van der Waals surface area (Å²) >= 11 is 3.21. The van der Waals surface area contributed by atoms with Crippen molar-refractivity contribution in [2.75, 3.05) is 18.4 Å². The Bertz CT molecular complexity index is 885. The first-order valence-electron chi connectivity index (χ1n) is 8.59. The number of aryl methyl sites for hydroxylation is 1. The molecule has 0 bridgehead atoms. The van der Waals surface area contributed by atoms with Gasteiger partial charge in [0.25, 0.3) is 0 Å². The lowest BCUT2D eigenvalue weighted by atomic mass is 9.98. The largest absolute Gasteiger partial charge is 0.317 e. The van der Waals surface area contributed by atoms with Gasteiger partial charge in [0.05, 0.1) is 17.0 Å². The smallest absolute Gasteiger partial charge is 0.232 e. The fraction of sp³-hybridized carbons (Fsp3) is 0.412. The lowest BCUT2D eigenvalue weighted by Gasteiger charge is -2.19. The van der Waals surface area contributed by atoms with Gasteiger partial charge >= 0.3 is 0 Å². The molecule has 0 aliphatic carbocycles. The number of carbonyl (C=O) groups excluding carboxylic acids is 1. The van der Waals surface area contributed by atoms with Crippen molar-refractivity contribution in [1.82, 2.24) is 25.1 Å². The van der Waals surface area contributed by atoms with E-state index >= 15 is 0 Å². The Morgan fingerprint density at radius 2 is 2.15 bits per heavy atom. The molecule has 0 atom stereocenters. The van der Waals surface area contributed by atoms with E-state index in [9.17, 15) is 4.79 Å². The Hall–Kier alpha value is -1.81. The summed E-state index contributed by atoms with van der Waals surface area (Å²) in [5, 5.41) is 15.6. The van der Waals surface area contributed by atoms with Crippen LogP contribution in [-0.2, 0) is 18.3 Å². The molecule has 4 heterocycles. The van der Waals surface area contributed by atoms with E-state index < -0.39 is 0 Å². The van der Waals surface area contributed by atoms with Crippen molar-refractivity contribution in [2.45, 2.75) is 25.2 Å². The van der Waals surface area contributed by atoms with Crippen LogP contribution >= 0.6 is 35.1 Å². The number of piperidine rings is 1. The van der Waals surface area contributed by atoms with E-state index in [1.54, 1.807) is 27.4 Å². The maximum Gasteiger partial charge on any atom is 0.232 e. The summed E-state index contributed by atoms with van der Waals surface area (Å²) in [6.07, 6.45) is 2.29. The third kappa shape index (κ3) is 4.73. The van der Waals surface area contributed by atoms with Gasteiger partial charge in [-0.05, 0) is 37.4 Å². The lowest BCUT2D eigenvalue weighted by Crippen LogP contribution is -2.27. The van der Waals surface area contributed by atoms with Gasteiger partial charge < -0.3 is 5.32 Å². The summed E-state index contributed by atoms with van der Waals surface area (Å²) in [4.78, 5) is 22.6. The monoisotopic (exact) mass is 424 g/mol. The zero-order valence-electron chi connectivity index (χ0n) is 14.8. The highest BCUT2D eigenvalue weighted by molar-refractivity contribution is 7.20. The number of anilines is 1. The van der Waals surface area contributed by atoms with Crippen LogP contribution in [0.5, 0.6) is 0 Å². The van der Waals surface area contributed by atoms with Crippen LogP contribution in [0.25, 0.3) is 9.88 Å². The zero-order valence-corrected chi connectivity index (χ0v) is 17.3. The molecule has 27 heavy (non-hydrogen) atoms. The van der Waals surface area contributed by atoms with Crippen molar-refractivity contribution in [3.05, 3.63) is 34.4 Å². The molecule has 144 valence electrons. The van der Waals surface area contributed by atoms with Gasteiger partial charge in [0.1, 0.15) is 5.01 Å². The highest BCUT2D eigenvalue weighted by Crippen LogP contribution is 2.28. The first kappa shape index (κ1) is 19.9. The maximum atomic E-state index is 12.4. The first-order chi connectivity index (χ1) is 12.7. The number of nitrogens with zero attached hydrogens (tertiary/aromatic N) is 4. The van der Waals surface area contributed by atoms with Crippen LogP contribution in [0.3, 0.4) is 0 Å². The molecule has 1 aliphatic heterocycles. The SMILES string of the molecule is Cl.Cn1nc(C2CCNCC2)nc1NC(=O)Cc1csc(-c2cccs2)n1. The van der Waals surface area contributed by atoms with Gasteiger partial charge in [0, 0.05) is 18.3 Å². The predicted molar refractivity (Wildman–Crippen MR) is 111 cm³/mol. The van der Waals surface area contributed by atoms with Crippen molar-refractivity contribution in [2.24, 2.45) is 7.05 Å². The Morgan fingerprint density at radius 1 is 1.33 bits per heavy atom. The van der Waals surface area contributed by atoms with Gasteiger partial charge in [0.2, 0.25) is 11.9 Å². The summed E-state index contributed by atoms with van der Waals surface area (Å²) in [5.74, 6) is 1.55. The standard InChI is InChI=1S/C17H20N6OS2.ClH/c1-23-17(21-15(22-23)11-4-6-18-7-5-11)20-14(24)9-12-10-26-16(19-12)13-3-2-8-25-13;/h2-3,8,10-11,18H,4-7,9H2,1H3,(H,20,21,22,24);1H. The van der Waals surface area contributed by atoms with E-state index in [0.717, 1.165) is 47.3 Å². The van der Waals surface area contributed by atoms with E-state index in [0.29, 0.717) is 11.9 Å². The molecule has 1 saturated heterocycles. The Morgan fingerprint density at radius 3 is 2.89 bits per heavy atom. The molecule has 2 N–H and O–H groups in total. The number of thiazole rings is 1. The molecule has 0 unspecified atom stereocenters. The molecular weight excluding hydrogens is 404 g/mol. The fourth-order valence-electron chi connectivity index (χ4n) is 3.00. The second kappa shape index (κ2) is 8.92. The number of halogens is 1. The van der Waals surface area contributed by atoms with Crippen molar-refractivity contribution in [1.29, 1.82) is 0 Å². The minimum Gasteiger partial charge on any atom is -0.317 e. The number of amides is 1.